The highest BCUT2D eigenvalue weighted by Crippen LogP contribution is 2.34. The standard InChI is InChI=1S/C21H40O4.2CH4O/c1-6-9-10-11-15-21(5)23-17-19(25-21)18(8-3)24-20(4,13-7-2)14-12-16-22;2*1-2/h16,18-19H,6-15,17H2,1-5H3;2*2H,1H3. The van der Waals surface area contributed by atoms with Gasteiger partial charge in [-0.15, -0.1) is 0 Å². The normalized spacial score (nSPS) is 23.8. The molecule has 1 saturated heterocycles. The third-order valence-electron chi connectivity index (χ3n) is 5.26. The highest BCUT2D eigenvalue weighted by atomic mass is 16.8. The summed E-state index contributed by atoms with van der Waals surface area (Å²) in [5, 5.41) is 14.0. The third kappa shape index (κ3) is 12.7. The van der Waals surface area contributed by atoms with Crippen LogP contribution < -0.4 is 0 Å². The Bertz CT molecular complexity index is 378. The van der Waals surface area contributed by atoms with Crippen molar-refractivity contribution in [1.29, 1.82) is 0 Å². The minimum absolute atomic E-state index is 0.0145. The smallest absolute Gasteiger partial charge is 0.166 e. The van der Waals surface area contributed by atoms with E-state index >= 15 is 0 Å². The molecule has 0 aromatic rings. The SMILES string of the molecule is CCCCCCC1(C)OCC(C(CC)OC(C)(CCC)CCC=O)O1.CO.CO. The number of hydrogen-bond acceptors (Lipinski definition) is 6. The summed E-state index contributed by atoms with van der Waals surface area (Å²) in [7, 11) is 2.00. The van der Waals surface area contributed by atoms with Crippen LogP contribution in [0.1, 0.15) is 98.8 Å². The van der Waals surface area contributed by atoms with Gasteiger partial charge in [-0.05, 0) is 39.5 Å². The zero-order valence-corrected chi connectivity index (χ0v) is 20.0. The molecule has 6 nitrogen and oxygen atoms in total. The molecule has 0 aliphatic carbocycles. The maximum Gasteiger partial charge on any atom is 0.166 e. The summed E-state index contributed by atoms with van der Waals surface area (Å²) >= 11 is 0. The molecule has 6 heteroatoms. The van der Waals surface area contributed by atoms with E-state index in [2.05, 4.69) is 34.6 Å². The maximum absolute atomic E-state index is 10.8. The van der Waals surface area contributed by atoms with Crippen LogP contribution in [0, 0.1) is 0 Å². The Kier molecular flexibility index (Phi) is 19.3. The largest absolute Gasteiger partial charge is 0.400 e. The lowest BCUT2D eigenvalue weighted by atomic mass is 9.93. The first-order chi connectivity index (χ1) is 13.9. The lowest BCUT2D eigenvalue weighted by Gasteiger charge is -2.36. The maximum atomic E-state index is 10.8. The fourth-order valence-electron chi connectivity index (χ4n) is 3.76. The molecule has 0 radical (unpaired) electrons. The molecular formula is C23H48O6. The van der Waals surface area contributed by atoms with Crippen LogP contribution in [0.5, 0.6) is 0 Å². The minimum Gasteiger partial charge on any atom is -0.400 e. The number of aldehydes is 1. The van der Waals surface area contributed by atoms with Gasteiger partial charge in [0, 0.05) is 27.1 Å². The minimum atomic E-state index is -0.473. The summed E-state index contributed by atoms with van der Waals surface area (Å²) in [5.41, 5.74) is -0.264. The predicted molar refractivity (Wildman–Crippen MR) is 118 cm³/mol. The number of aliphatic hydroxyl groups is 2. The van der Waals surface area contributed by atoms with Crippen molar-refractivity contribution in [2.75, 3.05) is 20.8 Å². The van der Waals surface area contributed by atoms with Crippen molar-refractivity contribution in [3.8, 4) is 0 Å². The molecule has 0 spiro atoms. The average Bonchev–Trinajstić information content (AvgIpc) is 3.13. The number of carbonyl (C=O) groups excluding carboxylic acids is 1. The van der Waals surface area contributed by atoms with Gasteiger partial charge in [0.2, 0.25) is 0 Å². The van der Waals surface area contributed by atoms with E-state index in [0.29, 0.717) is 13.0 Å². The zero-order valence-electron chi connectivity index (χ0n) is 20.0. The summed E-state index contributed by atoms with van der Waals surface area (Å²) in [6.07, 6.45) is 11.0. The van der Waals surface area contributed by atoms with E-state index in [-0.39, 0.29) is 17.8 Å². The van der Waals surface area contributed by atoms with E-state index in [0.717, 1.165) is 59.0 Å². The Labute approximate surface area is 179 Å². The van der Waals surface area contributed by atoms with Crippen molar-refractivity contribution in [3.63, 3.8) is 0 Å². The first-order valence-corrected chi connectivity index (χ1v) is 11.2. The van der Waals surface area contributed by atoms with Crippen LogP contribution >= 0.6 is 0 Å². The molecule has 0 amide bonds. The first kappa shape index (κ1) is 30.7. The molecule has 1 rings (SSSR count). The predicted octanol–water partition coefficient (Wildman–Crippen LogP) is 4.64. The molecule has 0 aromatic carbocycles. The third-order valence-corrected chi connectivity index (χ3v) is 5.26. The number of unbranched alkanes of at least 4 members (excludes halogenated alkanes) is 3. The van der Waals surface area contributed by atoms with Crippen LogP contribution in [0.15, 0.2) is 0 Å². The van der Waals surface area contributed by atoms with E-state index in [1.807, 2.05) is 0 Å². The van der Waals surface area contributed by atoms with Gasteiger partial charge in [0.1, 0.15) is 12.4 Å². The van der Waals surface area contributed by atoms with Crippen LogP contribution in [-0.2, 0) is 19.0 Å². The van der Waals surface area contributed by atoms with Crippen LogP contribution in [0.25, 0.3) is 0 Å². The summed E-state index contributed by atoms with van der Waals surface area (Å²) in [6.45, 7) is 11.3. The van der Waals surface area contributed by atoms with Gasteiger partial charge >= 0.3 is 0 Å². The van der Waals surface area contributed by atoms with Gasteiger partial charge in [-0.25, -0.2) is 0 Å². The number of ether oxygens (including phenoxy) is 3. The summed E-state index contributed by atoms with van der Waals surface area (Å²) in [5.74, 6) is -0.473. The highest BCUT2D eigenvalue weighted by molar-refractivity contribution is 5.49. The lowest BCUT2D eigenvalue weighted by molar-refractivity contribution is -0.190. The summed E-state index contributed by atoms with van der Waals surface area (Å²) in [4.78, 5) is 10.8. The van der Waals surface area contributed by atoms with Crippen LogP contribution in [-0.4, -0.2) is 60.9 Å². The number of hydrogen-bond donors (Lipinski definition) is 2. The monoisotopic (exact) mass is 420 g/mol. The molecule has 2 N–H and O–H groups in total. The van der Waals surface area contributed by atoms with Gasteiger partial charge in [0.15, 0.2) is 5.79 Å². The fourth-order valence-corrected chi connectivity index (χ4v) is 3.76. The van der Waals surface area contributed by atoms with Crippen LogP contribution in [0.2, 0.25) is 0 Å². The molecular weight excluding hydrogens is 372 g/mol. The molecule has 4 atom stereocenters. The molecule has 1 aliphatic heterocycles. The van der Waals surface area contributed by atoms with Crippen molar-refractivity contribution in [2.45, 2.75) is 122 Å². The van der Waals surface area contributed by atoms with Crippen molar-refractivity contribution in [1.82, 2.24) is 0 Å². The highest BCUT2D eigenvalue weighted by Gasteiger charge is 2.42. The van der Waals surface area contributed by atoms with E-state index in [1.54, 1.807) is 0 Å². The van der Waals surface area contributed by atoms with Crippen LogP contribution in [0.4, 0.5) is 0 Å². The Balaban J connectivity index is 0. The Morgan fingerprint density at radius 3 is 2.28 bits per heavy atom. The van der Waals surface area contributed by atoms with Gasteiger partial charge in [-0.3, -0.25) is 0 Å². The quantitative estimate of drug-likeness (QED) is 0.315. The summed E-state index contributed by atoms with van der Waals surface area (Å²) in [6, 6.07) is 0. The van der Waals surface area contributed by atoms with E-state index in [4.69, 9.17) is 24.4 Å². The number of carbonyl (C=O) groups is 1. The fraction of sp³-hybridized carbons (Fsp3) is 0.957. The topological polar surface area (TPSA) is 85.2 Å². The second kappa shape index (κ2) is 18.3. The Morgan fingerprint density at radius 1 is 1.10 bits per heavy atom. The van der Waals surface area contributed by atoms with Crippen molar-refractivity contribution in [3.05, 3.63) is 0 Å². The molecule has 0 aromatic heterocycles. The van der Waals surface area contributed by atoms with Crippen molar-refractivity contribution in [2.24, 2.45) is 0 Å². The first-order valence-electron chi connectivity index (χ1n) is 11.2. The van der Waals surface area contributed by atoms with Crippen molar-refractivity contribution >= 4 is 6.29 Å². The lowest BCUT2D eigenvalue weighted by Crippen LogP contribution is -2.41. The Hall–Kier alpha value is -0.530. The molecule has 176 valence electrons. The second-order valence-electron chi connectivity index (χ2n) is 7.88. The van der Waals surface area contributed by atoms with Gasteiger partial charge < -0.3 is 29.2 Å². The Morgan fingerprint density at radius 2 is 1.76 bits per heavy atom. The van der Waals surface area contributed by atoms with E-state index in [9.17, 15) is 4.79 Å². The molecule has 29 heavy (non-hydrogen) atoms. The molecule has 4 unspecified atom stereocenters. The zero-order chi connectivity index (χ0) is 22.8. The average molecular weight is 421 g/mol. The second-order valence-corrected chi connectivity index (χ2v) is 7.88. The van der Waals surface area contributed by atoms with Gasteiger partial charge in [-0.1, -0.05) is 46.5 Å². The van der Waals surface area contributed by atoms with Crippen LogP contribution in [0.3, 0.4) is 0 Å². The molecule has 1 aliphatic rings. The van der Waals surface area contributed by atoms with E-state index < -0.39 is 5.79 Å². The summed E-state index contributed by atoms with van der Waals surface area (Å²) < 4.78 is 18.8. The van der Waals surface area contributed by atoms with Gasteiger partial charge in [0.25, 0.3) is 0 Å². The van der Waals surface area contributed by atoms with E-state index in [1.165, 1.54) is 19.3 Å². The van der Waals surface area contributed by atoms with Crippen molar-refractivity contribution < 1.29 is 29.2 Å². The van der Waals surface area contributed by atoms with Gasteiger partial charge in [-0.2, -0.15) is 0 Å². The number of aliphatic hydroxyl groups excluding tert-OH is 2. The molecule has 0 saturated carbocycles. The molecule has 1 fully saturated rings. The van der Waals surface area contributed by atoms with Gasteiger partial charge in [0.05, 0.1) is 18.3 Å². The number of rotatable bonds is 14. The molecule has 0 bridgehead atoms. The molecule has 1 heterocycles.